The fourth-order valence-electron chi connectivity index (χ4n) is 2.29. The van der Waals surface area contributed by atoms with E-state index < -0.39 is 5.97 Å². The van der Waals surface area contributed by atoms with Crippen molar-refractivity contribution in [2.45, 2.75) is 45.4 Å². The molecule has 0 amide bonds. The van der Waals surface area contributed by atoms with Crippen molar-refractivity contribution in [3.8, 4) is 0 Å². The third-order valence-electron chi connectivity index (χ3n) is 3.51. The Morgan fingerprint density at radius 3 is 1.95 bits per heavy atom. The molecular weight excluding hydrogens is 256 g/mol. The Morgan fingerprint density at radius 2 is 1.60 bits per heavy atom. The molecule has 0 radical (unpaired) electrons. The second kappa shape index (κ2) is 9.34. The zero-order valence-electron chi connectivity index (χ0n) is 12.1. The first kappa shape index (κ1) is 16.5. The molecule has 0 aromatic rings. The molecule has 112 valence electrons. The van der Waals surface area contributed by atoms with Crippen molar-refractivity contribution in [3.05, 3.63) is 24.3 Å². The maximum absolute atomic E-state index is 11.1. The van der Waals surface area contributed by atoms with Crippen LogP contribution >= 0.6 is 0 Å². The highest BCUT2D eigenvalue weighted by Gasteiger charge is 2.19. The lowest BCUT2D eigenvalue weighted by atomic mass is 9.95. The summed E-state index contributed by atoms with van der Waals surface area (Å²) in [6.45, 7) is 2.34. The Morgan fingerprint density at radius 1 is 1.05 bits per heavy atom. The number of hydrogen-bond acceptors (Lipinski definition) is 3. The van der Waals surface area contributed by atoms with E-state index in [0.29, 0.717) is 6.61 Å². The van der Waals surface area contributed by atoms with Crippen molar-refractivity contribution in [2.75, 3.05) is 6.61 Å². The number of hydrogen-bond donors (Lipinski definition) is 1. The van der Waals surface area contributed by atoms with Crippen LogP contribution in [0.25, 0.3) is 0 Å². The molecule has 0 saturated carbocycles. The molecule has 0 heterocycles. The first-order chi connectivity index (χ1) is 9.65. The first-order valence-corrected chi connectivity index (χ1v) is 7.34. The molecule has 0 fully saturated rings. The van der Waals surface area contributed by atoms with Gasteiger partial charge in [0.1, 0.15) is 0 Å². The highest BCUT2D eigenvalue weighted by atomic mass is 16.5. The van der Waals surface area contributed by atoms with Crippen LogP contribution in [-0.4, -0.2) is 23.7 Å². The summed E-state index contributed by atoms with van der Waals surface area (Å²) in [7, 11) is 0. The molecule has 2 aliphatic carbocycles. The van der Waals surface area contributed by atoms with Crippen LogP contribution in [0.4, 0.5) is 0 Å². The normalized spacial score (nSPS) is 24.4. The van der Waals surface area contributed by atoms with Gasteiger partial charge in [-0.25, -0.2) is 0 Å². The van der Waals surface area contributed by atoms with Crippen LogP contribution in [0.1, 0.15) is 45.4 Å². The Labute approximate surface area is 120 Å². The third kappa shape index (κ3) is 6.04. The van der Waals surface area contributed by atoms with Gasteiger partial charge >= 0.3 is 11.9 Å². The summed E-state index contributed by atoms with van der Waals surface area (Å²) >= 11 is 0. The zero-order valence-corrected chi connectivity index (χ0v) is 12.1. The summed E-state index contributed by atoms with van der Waals surface area (Å²) in [5.41, 5.74) is 0. The van der Waals surface area contributed by atoms with Gasteiger partial charge in [-0.05, 0) is 45.4 Å². The number of rotatable bonds is 3. The second-order valence-corrected chi connectivity index (χ2v) is 5.05. The van der Waals surface area contributed by atoms with Crippen LogP contribution in [0.5, 0.6) is 0 Å². The summed E-state index contributed by atoms with van der Waals surface area (Å²) in [4.78, 5) is 21.5. The van der Waals surface area contributed by atoms with Crippen LogP contribution in [0, 0.1) is 11.8 Å². The average Bonchev–Trinajstić information content (AvgIpc) is 2.50. The maximum Gasteiger partial charge on any atom is 0.309 e. The van der Waals surface area contributed by atoms with Gasteiger partial charge in [-0.3, -0.25) is 9.59 Å². The highest BCUT2D eigenvalue weighted by Crippen LogP contribution is 2.19. The van der Waals surface area contributed by atoms with Crippen LogP contribution < -0.4 is 0 Å². The smallest absolute Gasteiger partial charge is 0.309 e. The number of ether oxygens (including phenoxy) is 1. The van der Waals surface area contributed by atoms with Crippen molar-refractivity contribution in [1.82, 2.24) is 0 Å². The molecule has 0 aromatic carbocycles. The summed E-state index contributed by atoms with van der Waals surface area (Å²) < 4.78 is 4.91. The minimum Gasteiger partial charge on any atom is -0.481 e. The molecule has 4 nitrogen and oxygen atoms in total. The number of carboxylic acids is 1. The van der Waals surface area contributed by atoms with Crippen molar-refractivity contribution in [1.29, 1.82) is 0 Å². The number of allylic oxidation sites excluding steroid dienone is 4. The van der Waals surface area contributed by atoms with Gasteiger partial charge in [-0.15, -0.1) is 0 Å². The topological polar surface area (TPSA) is 63.6 Å². The summed E-state index contributed by atoms with van der Waals surface area (Å²) in [6.07, 6.45) is 13.5. The van der Waals surface area contributed by atoms with Gasteiger partial charge in [0.05, 0.1) is 18.4 Å². The molecule has 20 heavy (non-hydrogen) atoms. The Balaban J connectivity index is 0.000000204. The predicted octanol–water partition coefficient (Wildman–Crippen LogP) is 3.33. The molecule has 0 bridgehead atoms. The molecule has 1 N–H and O–H groups in total. The fraction of sp³-hybridized carbons (Fsp3) is 0.625. The molecule has 0 spiro atoms. The van der Waals surface area contributed by atoms with Gasteiger partial charge in [0.25, 0.3) is 0 Å². The molecule has 0 saturated heterocycles. The highest BCUT2D eigenvalue weighted by molar-refractivity contribution is 5.72. The molecule has 0 aliphatic heterocycles. The van der Waals surface area contributed by atoms with E-state index in [4.69, 9.17) is 9.84 Å². The maximum atomic E-state index is 11.1. The monoisotopic (exact) mass is 280 g/mol. The minimum absolute atomic E-state index is 0.0307. The van der Waals surface area contributed by atoms with Gasteiger partial charge in [-0.2, -0.15) is 0 Å². The van der Waals surface area contributed by atoms with Crippen LogP contribution in [0.2, 0.25) is 0 Å². The van der Waals surface area contributed by atoms with Gasteiger partial charge < -0.3 is 9.84 Å². The Kier molecular flexibility index (Phi) is 7.70. The summed E-state index contributed by atoms with van der Waals surface area (Å²) in [6, 6.07) is 0. The lowest BCUT2D eigenvalue weighted by molar-refractivity contribution is -0.148. The molecule has 0 aromatic heterocycles. The minimum atomic E-state index is -0.653. The fourth-order valence-corrected chi connectivity index (χ4v) is 2.29. The summed E-state index contributed by atoms with van der Waals surface area (Å²) in [5.74, 6) is -0.675. The molecule has 2 atom stereocenters. The van der Waals surface area contributed by atoms with E-state index in [9.17, 15) is 9.59 Å². The van der Waals surface area contributed by atoms with E-state index in [1.54, 1.807) is 0 Å². The summed E-state index contributed by atoms with van der Waals surface area (Å²) in [5, 5.41) is 8.50. The van der Waals surface area contributed by atoms with Gasteiger partial charge in [-0.1, -0.05) is 24.3 Å². The lowest BCUT2D eigenvalue weighted by Crippen LogP contribution is -2.18. The predicted molar refractivity (Wildman–Crippen MR) is 77.2 cm³/mol. The number of carboxylic acid groups (broad SMARTS) is 1. The van der Waals surface area contributed by atoms with E-state index in [1.807, 2.05) is 19.1 Å². The van der Waals surface area contributed by atoms with Crippen molar-refractivity contribution < 1.29 is 19.4 Å². The SMILES string of the molecule is CCOC(=O)C1CC=CCC1.O=C(O)C1CC=CCC1. The standard InChI is InChI=1S/C9H14O2.C7H10O2/c1-2-11-9(10)8-6-4-3-5-7-8;8-7(9)6-4-2-1-3-5-6/h3-4,8H,2,5-7H2,1H3;1-2,6H,3-5H2,(H,8,9). The van der Waals surface area contributed by atoms with Crippen molar-refractivity contribution in [2.24, 2.45) is 11.8 Å². The third-order valence-corrected chi connectivity index (χ3v) is 3.51. The van der Waals surface area contributed by atoms with Crippen LogP contribution in [-0.2, 0) is 14.3 Å². The Hall–Kier alpha value is -1.58. The van der Waals surface area contributed by atoms with Crippen molar-refractivity contribution in [3.63, 3.8) is 0 Å². The number of carbonyl (C=O) groups excluding carboxylic acids is 1. The van der Waals surface area contributed by atoms with Gasteiger partial charge in [0.2, 0.25) is 0 Å². The van der Waals surface area contributed by atoms with E-state index >= 15 is 0 Å². The lowest BCUT2D eigenvalue weighted by Gasteiger charge is -2.15. The molecule has 4 heteroatoms. The first-order valence-electron chi connectivity index (χ1n) is 7.34. The largest absolute Gasteiger partial charge is 0.481 e. The van der Waals surface area contributed by atoms with Crippen LogP contribution in [0.3, 0.4) is 0 Å². The van der Waals surface area contributed by atoms with E-state index in [0.717, 1.165) is 38.5 Å². The van der Waals surface area contributed by atoms with Gasteiger partial charge in [0.15, 0.2) is 0 Å². The number of carbonyl (C=O) groups is 2. The molecule has 2 aliphatic rings. The second-order valence-electron chi connectivity index (χ2n) is 5.05. The molecular formula is C16H24O4. The van der Waals surface area contributed by atoms with Crippen molar-refractivity contribution >= 4 is 11.9 Å². The number of aliphatic carboxylic acids is 1. The molecule has 2 rings (SSSR count). The van der Waals surface area contributed by atoms with E-state index in [-0.39, 0.29) is 17.8 Å². The zero-order chi connectivity index (χ0) is 14.8. The average molecular weight is 280 g/mol. The van der Waals surface area contributed by atoms with Crippen LogP contribution in [0.15, 0.2) is 24.3 Å². The van der Waals surface area contributed by atoms with E-state index in [1.165, 1.54) is 0 Å². The Bertz CT molecular complexity index is 371. The van der Waals surface area contributed by atoms with Gasteiger partial charge in [0, 0.05) is 0 Å². The molecule has 2 unspecified atom stereocenters. The number of esters is 1. The quantitative estimate of drug-likeness (QED) is 0.636. The van der Waals surface area contributed by atoms with E-state index in [2.05, 4.69) is 12.2 Å².